The van der Waals surface area contributed by atoms with Gasteiger partial charge in [-0.2, -0.15) is 0 Å². The van der Waals surface area contributed by atoms with E-state index in [1.165, 1.54) is 12.3 Å². The van der Waals surface area contributed by atoms with E-state index >= 15 is 0 Å². The van der Waals surface area contributed by atoms with Gasteiger partial charge < -0.3 is 11.1 Å². The quantitative estimate of drug-likeness (QED) is 0.831. The second kappa shape index (κ2) is 5.25. The summed E-state index contributed by atoms with van der Waals surface area (Å²) >= 11 is 11.6. The van der Waals surface area contributed by atoms with E-state index in [2.05, 4.69) is 10.3 Å². The van der Waals surface area contributed by atoms with Gasteiger partial charge in [-0.25, -0.2) is 4.98 Å². The first kappa shape index (κ1) is 12.7. The minimum absolute atomic E-state index is 0.299. The number of nitrogens with one attached hydrogen (secondary N) is 1. The van der Waals surface area contributed by atoms with E-state index in [1.54, 1.807) is 24.3 Å². The molecule has 0 atom stereocenters. The summed E-state index contributed by atoms with van der Waals surface area (Å²) in [6.45, 7) is 0. The zero-order valence-corrected chi connectivity index (χ0v) is 10.7. The molecule has 0 fully saturated rings. The summed E-state index contributed by atoms with van der Waals surface area (Å²) in [7, 11) is 0. The van der Waals surface area contributed by atoms with E-state index in [0.717, 1.165) is 0 Å². The summed E-state index contributed by atoms with van der Waals surface area (Å²) in [5.74, 6) is 0.0185. The van der Waals surface area contributed by atoms with Crippen LogP contribution in [0.4, 0.5) is 11.5 Å². The van der Waals surface area contributed by atoms with Crippen LogP contribution in [-0.2, 0) is 0 Å². The van der Waals surface area contributed by atoms with Crippen molar-refractivity contribution in [2.45, 2.75) is 0 Å². The zero-order chi connectivity index (χ0) is 13.1. The van der Waals surface area contributed by atoms with Crippen molar-refractivity contribution >= 4 is 40.6 Å². The maximum absolute atomic E-state index is 11.9. The van der Waals surface area contributed by atoms with Gasteiger partial charge in [0.05, 0.1) is 15.6 Å². The zero-order valence-electron chi connectivity index (χ0n) is 9.15. The topological polar surface area (TPSA) is 68.0 Å². The van der Waals surface area contributed by atoms with Crippen molar-refractivity contribution in [2.75, 3.05) is 11.1 Å². The first-order valence-corrected chi connectivity index (χ1v) is 5.80. The van der Waals surface area contributed by atoms with Crippen LogP contribution in [0.1, 0.15) is 10.4 Å². The predicted octanol–water partition coefficient (Wildman–Crippen LogP) is 3.22. The predicted molar refractivity (Wildman–Crippen MR) is 73.1 cm³/mol. The third-order valence-electron chi connectivity index (χ3n) is 2.20. The fourth-order valence-electron chi connectivity index (χ4n) is 1.35. The number of anilines is 2. The molecule has 0 aliphatic rings. The minimum atomic E-state index is -0.373. The molecule has 18 heavy (non-hydrogen) atoms. The van der Waals surface area contributed by atoms with E-state index in [1.807, 2.05) is 0 Å². The average molecular weight is 282 g/mol. The number of pyridine rings is 1. The number of hydrogen-bond acceptors (Lipinski definition) is 3. The molecule has 92 valence electrons. The van der Waals surface area contributed by atoms with Gasteiger partial charge in [-0.1, -0.05) is 23.2 Å². The summed E-state index contributed by atoms with van der Waals surface area (Å²) in [5.41, 5.74) is 6.37. The molecule has 3 N–H and O–H groups in total. The van der Waals surface area contributed by atoms with Crippen LogP contribution < -0.4 is 11.1 Å². The van der Waals surface area contributed by atoms with E-state index in [9.17, 15) is 4.79 Å². The molecule has 6 heteroatoms. The van der Waals surface area contributed by atoms with E-state index in [0.29, 0.717) is 27.1 Å². The number of hydrogen-bond donors (Lipinski definition) is 2. The smallest absolute Gasteiger partial charge is 0.258 e. The molecular weight excluding hydrogens is 273 g/mol. The first-order valence-electron chi connectivity index (χ1n) is 5.04. The second-order valence-electron chi connectivity index (χ2n) is 3.56. The number of nitrogen functional groups attached to an aromatic ring is 1. The normalized spacial score (nSPS) is 10.1. The molecule has 1 aromatic heterocycles. The fraction of sp³-hybridized carbons (Fsp3) is 0. The van der Waals surface area contributed by atoms with Crippen molar-refractivity contribution in [3.8, 4) is 0 Å². The number of halogens is 2. The van der Waals surface area contributed by atoms with Crippen LogP contribution in [0.25, 0.3) is 0 Å². The molecule has 0 saturated carbocycles. The van der Waals surface area contributed by atoms with Gasteiger partial charge in [-0.3, -0.25) is 4.79 Å². The lowest BCUT2D eigenvalue weighted by Gasteiger charge is -2.06. The molecule has 0 unspecified atom stereocenters. The highest BCUT2D eigenvalue weighted by Gasteiger charge is 2.11. The monoisotopic (exact) mass is 281 g/mol. The molecule has 0 saturated heterocycles. The molecule has 1 amide bonds. The number of nitrogens with zero attached hydrogens (tertiary/aromatic N) is 1. The Morgan fingerprint density at radius 3 is 2.67 bits per heavy atom. The number of rotatable bonds is 2. The third-order valence-corrected chi connectivity index (χ3v) is 2.76. The number of benzene rings is 1. The summed E-state index contributed by atoms with van der Waals surface area (Å²) < 4.78 is 0. The van der Waals surface area contributed by atoms with Crippen LogP contribution in [-0.4, -0.2) is 10.9 Å². The Balaban J connectivity index is 2.21. The number of carbonyl (C=O) groups excluding carboxylic acids is 1. The van der Waals surface area contributed by atoms with Gasteiger partial charge in [0.1, 0.15) is 5.82 Å². The minimum Gasteiger partial charge on any atom is -0.399 e. The van der Waals surface area contributed by atoms with Crippen molar-refractivity contribution in [3.63, 3.8) is 0 Å². The molecule has 2 rings (SSSR count). The van der Waals surface area contributed by atoms with Crippen molar-refractivity contribution in [2.24, 2.45) is 0 Å². The molecule has 0 aliphatic heterocycles. The number of amides is 1. The van der Waals surface area contributed by atoms with Crippen LogP contribution in [0.3, 0.4) is 0 Å². The third kappa shape index (κ3) is 2.91. The Morgan fingerprint density at radius 2 is 2.00 bits per heavy atom. The molecule has 0 radical (unpaired) electrons. The Kier molecular flexibility index (Phi) is 3.69. The van der Waals surface area contributed by atoms with Crippen LogP contribution >= 0.6 is 23.2 Å². The SMILES string of the molecule is Nc1ccc(Cl)c(C(=O)Nc2ccc(Cl)cn2)c1. The summed E-state index contributed by atoms with van der Waals surface area (Å²) in [6.07, 6.45) is 1.44. The lowest BCUT2D eigenvalue weighted by atomic mass is 10.2. The first-order chi connectivity index (χ1) is 8.56. The molecular formula is C12H9Cl2N3O. The van der Waals surface area contributed by atoms with Gasteiger partial charge in [0.25, 0.3) is 5.91 Å². The van der Waals surface area contributed by atoms with Gasteiger partial charge in [0.15, 0.2) is 0 Å². The van der Waals surface area contributed by atoms with Crippen LogP contribution in [0.15, 0.2) is 36.5 Å². The lowest BCUT2D eigenvalue weighted by molar-refractivity contribution is 0.102. The van der Waals surface area contributed by atoms with Gasteiger partial charge in [0, 0.05) is 11.9 Å². The molecule has 0 bridgehead atoms. The van der Waals surface area contributed by atoms with E-state index in [4.69, 9.17) is 28.9 Å². The lowest BCUT2D eigenvalue weighted by Crippen LogP contribution is -2.13. The van der Waals surface area contributed by atoms with Gasteiger partial charge in [-0.15, -0.1) is 0 Å². The largest absolute Gasteiger partial charge is 0.399 e. The molecule has 1 aromatic carbocycles. The standard InChI is InChI=1S/C12H9Cl2N3O/c13-7-1-4-11(16-6-7)17-12(18)9-5-8(15)2-3-10(9)14/h1-6H,15H2,(H,16,17,18). The maximum Gasteiger partial charge on any atom is 0.258 e. The van der Waals surface area contributed by atoms with Crippen molar-refractivity contribution < 1.29 is 4.79 Å². The van der Waals surface area contributed by atoms with Crippen molar-refractivity contribution in [1.29, 1.82) is 0 Å². The number of aromatic nitrogens is 1. The average Bonchev–Trinajstić information content (AvgIpc) is 2.35. The highest BCUT2D eigenvalue weighted by molar-refractivity contribution is 6.34. The van der Waals surface area contributed by atoms with Crippen LogP contribution in [0.5, 0.6) is 0 Å². The second-order valence-corrected chi connectivity index (χ2v) is 4.40. The number of nitrogens with two attached hydrogens (primary N) is 1. The van der Waals surface area contributed by atoms with Crippen LogP contribution in [0, 0.1) is 0 Å². The molecule has 2 aromatic rings. The Labute approximate surface area is 114 Å². The van der Waals surface area contributed by atoms with Gasteiger partial charge in [-0.05, 0) is 30.3 Å². The summed E-state index contributed by atoms with van der Waals surface area (Å²) in [4.78, 5) is 15.9. The van der Waals surface area contributed by atoms with Crippen molar-refractivity contribution in [3.05, 3.63) is 52.1 Å². The summed E-state index contributed by atoms with van der Waals surface area (Å²) in [5, 5.41) is 3.43. The maximum atomic E-state index is 11.9. The molecule has 0 spiro atoms. The highest BCUT2D eigenvalue weighted by Crippen LogP contribution is 2.20. The Bertz CT molecular complexity index is 584. The van der Waals surface area contributed by atoms with E-state index < -0.39 is 0 Å². The molecule has 1 heterocycles. The Morgan fingerprint density at radius 1 is 1.22 bits per heavy atom. The van der Waals surface area contributed by atoms with Gasteiger partial charge >= 0.3 is 0 Å². The van der Waals surface area contributed by atoms with Crippen molar-refractivity contribution in [1.82, 2.24) is 4.98 Å². The summed E-state index contributed by atoms with van der Waals surface area (Å²) in [6, 6.07) is 7.93. The van der Waals surface area contributed by atoms with Gasteiger partial charge in [0.2, 0.25) is 0 Å². The fourth-order valence-corrected chi connectivity index (χ4v) is 1.67. The van der Waals surface area contributed by atoms with Crippen LogP contribution in [0.2, 0.25) is 10.0 Å². The van der Waals surface area contributed by atoms with E-state index in [-0.39, 0.29) is 5.91 Å². The Hall–Kier alpha value is -1.78. The highest BCUT2D eigenvalue weighted by atomic mass is 35.5. The number of carbonyl (C=O) groups is 1. The molecule has 0 aliphatic carbocycles. The molecule has 4 nitrogen and oxygen atoms in total.